The van der Waals surface area contributed by atoms with E-state index in [0.29, 0.717) is 16.5 Å². The zero-order valence-electron chi connectivity index (χ0n) is 12.2. The van der Waals surface area contributed by atoms with E-state index in [1.165, 1.54) is 11.3 Å². The monoisotopic (exact) mass is 306 g/mol. The van der Waals surface area contributed by atoms with Gasteiger partial charge in [-0.15, -0.1) is 11.3 Å². The lowest BCUT2D eigenvalue weighted by Crippen LogP contribution is -2.44. The number of amides is 1. The van der Waals surface area contributed by atoms with Crippen LogP contribution in [0.1, 0.15) is 31.3 Å². The third-order valence-corrected chi connectivity index (χ3v) is 4.18. The van der Waals surface area contributed by atoms with Gasteiger partial charge in [0.25, 0.3) is 5.91 Å². The number of rotatable bonds is 5. The Morgan fingerprint density at radius 3 is 2.71 bits per heavy atom. The van der Waals surface area contributed by atoms with Gasteiger partial charge < -0.3 is 10.4 Å². The minimum Gasteiger partial charge on any atom is -0.388 e. The minimum absolute atomic E-state index is 0.0431. The van der Waals surface area contributed by atoms with Crippen LogP contribution in [0.2, 0.25) is 0 Å². The molecule has 2 heterocycles. The summed E-state index contributed by atoms with van der Waals surface area (Å²) in [6.45, 7) is 5.68. The van der Waals surface area contributed by atoms with E-state index in [9.17, 15) is 9.90 Å². The second kappa shape index (κ2) is 6.28. The zero-order valence-corrected chi connectivity index (χ0v) is 13.0. The van der Waals surface area contributed by atoms with Crippen LogP contribution in [0.15, 0.2) is 23.8 Å². The van der Waals surface area contributed by atoms with Gasteiger partial charge in [0.05, 0.1) is 5.60 Å². The summed E-state index contributed by atoms with van der Waals surface area (Å²) in [5, 5.41) is 15.1. The largest absolute Gasteiger partial charge is 0.388 e. The van der Waals surface area contributed by atoms with E-state index in [1.807, 2.05) is 13.8 Å². The second-order valence-corrected chi connectivity index (χ2v) is 6.16. The fraction of sp³-hybridized carbons (Fsp3) is 0.429. The van der Waals surface area contributed by atoms with E-state index < -0.39 is 5.60 Å². The highest BCUT2D eigenvalue weighted by Crippen LogP contribution is 2.20. The van der Waals surface area contributed by atoms with Crippen LogP contribution in [-0.2, 0) is 0 Å². The van der Waals surface area contributed by atoms with Crippen molar-refractivity contribution in [3.05, 3.63) is 29.5 Å². The fourth-order valence-electron chi connectivity index (χ4n) is 1.44. The predicted molar refractivity (Wildman–Crippen MR) is 80.9 cm³/mol. The summed E-state index contributed by atoms with van der Waals surface area (Å²) in [7, 11) is 0. The molecule has 0 aromatic carbocycles. The predicted octanol–water partition coefficient (Wildman–Crippen LogP) is 1.74. The molecular weight excluding hydrogens is 288 g/mol. The molecule has 7 heteroatoms. The maximum Gasteiger partial charge on any atom is 0.270 e. The van der Waals surface area contributed by atoms with Crippen molar-refractivity contribution in [3.8, 4) is 10.8 Å². The number of hydrogen-bond donors (Lipinski definition) is 2. The quantitative estimate of drug-likeness (QED) is 0.878. The normalized spacial score (nSPS) is 14.0. The first-order valence-electron chi connectivity index (χ1n) is 6.63. The Morgan fingerprint density at radius 1 is 1.43 bits per heavy atom. The topological polar surface area (TPSA) is 88.0 Å². The van der Waals surface area contributed by atoms with Gasteiger partial charge in [0.1, 0.15) is 5.69 Å². The molecule has 0 fully saturated rings. The lowest BCUT2D eigenvalue weighted by molar-refractivity contribution is 0.0142. The second-order valence-electron chi connectivity index (χ2n) is 5.30. The molecule has 1 atom stereocenters. The maximum absolute atomic E-state index is 12.0. The van der Waals surface area contributed by atoms with Gasteiger partial charge in [0, 0.05) is 24.3 Å². The molecule has 21 heavy (non-hydrogen) atoms. The van der Waals surface area contributed by atoms with Crippen molar-refractivity contribution in [1.82, 2.24) is 20.3 Å². The van der Waals surface area contributed by atoms with Crippen molar-refractivity contribution >= 4 is 17.2 Å². The van der Waals surface area contributed by atoms with E-state index in [2.05, 4.69) is 20.3 Å². The van der Waals surface area contributed by atoms with Crippen molar-refractivity contribution in [2.75, 3.05) is 6.54 Å². The molecule has 0 aliphatic heterocycles. The molecule has 0 aliphatic rings. The van der Waals surface area contributed by atoms with Gasteiger partial charge in [-0.25, -0.2) is 15.0 Å². The molecule has 2 rings (SSSR count). The molecule has 112 valence electrons. The highest BCUT2D eigenvalue weighted by Gasteiger charge is 2.26. The summed E-state index contributed by atoms with van der Waals surface area (Å²) in [5.41, 5.74) is -0.640. The van der Waals surface area contributed by atoms with Crippen LogP contribution in [0.4, 0.5) is 0 Å². The Balaban J connectivity index is 2.03. The van der Waals surface area contributed by atoms with E-state index in [4.69, 9.17) is 0 Å². The lowest BCUT2D eigenvalue weighted by atomic mass is 9.92. The summed E-state index contributed by atoms with van der Waals surface area (Å²) in [5.74, 6) is 0.228. The van der Waals surface area contributed by atoms with Gasteiger partial charge in [-0.2, -0.15) is 0 Å². The van der Waals surface area contributed by atoms with E-state index in [-0.39, 0.29) is 18.4 Å². The average Bonchev–Trinajstić information content (AvgIpc) is 2.95. The number of nitrogens with zero attached hydrogens (tertiary/aromatic N) is 3. The molecule has 6 nitrogen and oxygen atoms in total. The van der Waals surface area contributed by atoms with E-state index in [0.717, 1.165) is 0 Å². The van der Waals surface area contributed by atoms with Crippen molar-refractivity contribution in [1.29, 1.82) is 0 Å². The first-order valence-corrected chi connectivity index (χ1v) is 7.51. The molecule has 1 unspecified atom stereocenters. The van der Waals surface area contributed by atoms with Crippen molar-refractivity contribution < 1.29 is 9.90 Å². The number of carbonyl (C=O) groups excluding carboxylic acids is 1. The number of aromatic nitrogens is 3. The van der Waals surface area contributed by atoms with Crippen LogP contribution in [0.5, 0.6) is 0 Å². The first kappa shape index (κ1) is 15.5. The van der Waals surface area contributed by atoms with E-state index >= 15 is 0 Å². The van der Waals surface area contributed by atoms with Crippen LogP contribution in [-0.4, -0.2) is 38.1 Å². The van der Waals surface area contributed by atoms with E-state index in [1.54, 1.807) is 30.8 Å². The highest BCUT2D eigenvalue weighted by atomic mass is 32.1. The molecule has 0 saturated carbocycles. The fourth-order valence-corrected chi connectivity index (χ4v) is 2.19. The molecule has 2 aromatic rings. The van der Waals surface area contributed by atoms with Crippen molar-refractivity contribution in [3.63, 3.8) is 0 Å². The smallest absolute Gasteiger partial charge is 0.270 e. The Hall–Kier alpha value is -1.86. The third kappa shape index (κ3) is 3.83. The van der Waals surface area contributed by atoms with Gasteiger partial charge in [-0.3, -0.25) is 4.79 Å². The molecule has 0 saturated heterocycles. The summed E-state index contributed by atoms with van der Waals surface area (Å²) < 4.78 is 0. The Labute approximate surface area is 127 Å². The Morgan fingerprint density at radius 2 is 2.10 bits per heavy atom. The van der Waals surface area contributed by atoms with Crippen molar-refractivity contribution in [2.24, 2.45) is 5.92 Å². The zero-order chi connectivity index (χ0) is 15.5. The van der Waals surface area contributed by atoms with Gasteiger partial charge in [0.15, 0.2) is 10.8 Å². The van der Waals surface area contributed by atoms with Crippen LogP contribution in [0.25, 0.3) is 10.8 Å². The summed E-state index contributed by atoms with van der Waals surface area (Å²) in [6, 6.07) is 1.72. The SMILES string of the molecule is CC(C)C(C)(O)CNC(=O)c1csc(-c2ncccn2)n1. The van der Waals surface area contributed by atoms with Gasteiger partial charge in [0.2, 0.25) is 0 Å². The molecule has 0 bridgehead atoms. The number of thiazole rings is 1. The summed E-state index contributed by atoms with van der Waals surface area (Å²) in [6.07, 6.45) is 3.26. The average molecular weight is 306 g/mol. The molecule has 1 amide bonds. The number of carbonyl (C=O) groups is 1. The molecule has 0 aliphatic carbocycles. The summed E-state index contributed by atoms with van der Waals surface area (Å²) >= 11 is 1.31. The first-order chi connectivity index (χ1) is 9.90. The Bertz CT molecular complexity index is 610. The molecule has 0 radical (unpaired) electrons. The van der Waals surface area contributed by atoms with Crippen LogP contribution < -0.4 is 5.32 Å². The molecular formula is C14H18N4O2S. The molecule has 0 spiro atoms. The van der Waals surface area contributed by atoms with Crippen LogP contribution >= 0.6 is 11.3 Å². The van der Waals surface area contributed by atoms with Crippen molar-refractivity contribution in [2.45, 2.75) is 26.4 Å². The Kier molecular flexibility index (Phi) is 4.64. The minimum atomic E-state index is -0.947. The standard InChI is InChI=1S/C14H18N4O2S/c1-9(2)14(3,20)8-17-12(19)10-7-21-13(18-10)11-15-5-4-6-16-11/h4-7,9,20H,8H2,1-3H3,(H,17,19). The third-order valence-electron chi connectivity index (χ3n) is 3.34. The van der Waals surface area contributed by atoms with Crippen LogP contribution in [0, 0.1) is 5.92 Å². The molecule has 2 aromatic heterocycles. The highest BCUT2D eigenvalue weighted by molar-refractivity contribution is 7.13. The number of nitrogens with one attached hydrogen (secondary N) is 1. The number of hydrogen-bond acceptors (Lipinski definition) is 6. The van der Waals surface area contributed by atoms with Crippen LogP contribution in [0.3, 0.4) is 0 Å². The molecule has 2 N–H and O–H groups in total. The summed E-state index contributed by atoms with van der Waals surface area (Å²) in [4.78, 5) is 24.5. The van der Waals surface area contributed by atoms with Gasteiger partial charge >= 0.3 is 0 Å². The van der Waals surface area contributed by atoms with Gasteiger partial charge in [-0.05, 0) is 18.9 Å². The maximum atomic E-state index is 12.0. The lowest BCUT2D eigenvalue weighted by Gasteiger charge is -2.27. The number of aliphatic hydroxyl groups is 1. The van der Waals surface area contributed by atoms with Gasteiger partial charge in [-0.1, -0.05) is 13.8 Å².